The van der Waals surface area contributed by atoms with E-state index in [0.29, 0.717) is 12.2 Å². The van der Waals surface area contributed by atoms with E-state index in [1.165, 1.54) is 11.6 Å². The molecule has 0 radical (unpaired) electrons. The summed E-state index contributed by atoms with van der Waals surface area (Å²) in [5.41, 5.74) is 7.51. The SMILES string of the molecule is NCCCN(CCc1ccccc1)c1ccccc1F. The van der Waals surface area contributed by atoms with Crippen LogP contribution < -0.4 is 10.6 Å². The van der Waals surface area contributed by atoms with E-state index in [1.54, 1.807) is 6.07 Å². The quantitative estimate of drug-likeness (QED) is 0.838. The number of benzene rings is 2. The molecular weight excluding hydrogens is 251 g/mol. The summed E-state index contributed by atoms with van der Waals surface area (Å²) in [6.07, 6.45) is 1.77. The van der Waals surface area contributed by atoms with Gasteiger partial charge in [-0.05, 0) is 37.1 Å². The van der Waals surface area contributed by atoms with Gasteiger partial charge in [-0.2, -0.15) is 0 Å². The molecule has 0 saturated heterocycles. The first-order valence-corrected chi connectivity index (χ1v) is 7.04. The highest BCUT2D eigenvalue weighted by molar-refractivity contribution is 5.47. The summed E-state index contributed by atoms with van der Waals surface area (Å²) in [5.74, 6) is -0.169. The Labute approximate surface area is 120 Å². The maximum absolute atomic E-state index is 13.9. The maximum atomic E-state index is 13.9. The van der Waals surface area contributed by atoms with Gasteiger partial charge in [-0.1, -0.05) is 42.5 Å². The van der Waals surface area contributed by atoms with Crippen molar-refractivity contribution in [2.45, 2.75) is 12.8 Å². The molecule has 106 valence electrons. The maximum Gasteiger partial charge on any atom is 0.146 e. The molecule has 2 aromatic rings. The van der Waals surface area contributed by atoms with Crippen LogP contribution in [-0.2, 0) is 6.42 Å². The summed E-state index contributed by atoms with van der Waals surface area (Å²) >= 11 is 0. The van der Waals surface area contributed by atoms with Crippen molar-refractivity contribution in [2.24, 2.45) is 5.73 Å². The van der Waals surface area contributed by atoms with Crippen LogP contribution in [0.3, 0.4) is 0 Å². The number of anilines is 1. The first kappa shape index (κ1) is 14.5. The van der Waals surface area contributed by atoms with Crippen LogP contribution >= 0.6 is 0 Å². The van der Waals surface area contributed by atoms with Crippen molar-refractivity contribution in [3.05, 3.63) is 66.0 Å². The van der Waals surface area contributed by atoms with Gasteiger partial charge in [0.05, 0.1) is 5.69 Å². The number of nitrogens with zero attached hydrogens (tertiary/aromatic N) is 1. The van der Waals surface area contributed by atoms with Gasteiger partial charge in [-0.15, -0.1) is 0 Å². The minimum Gasteiger partial charge on any atom is -0.369 e. The molecule has 0 atom stereocenters. The average Bonchev–Trinajstić information content (AvgIpc) is 2.49. The second-order valence-electron chi connectivity index (χ2n) is 4.82. The lowest BCUT2D eigenvalue weighted by Crippen LogP contribution is -2.29. The van der Waals surface area contributed by atoms with E-state index in [4.69, 9.17) is 5.73 Å². The Hall–Kier alpha value is -1.87. The normalized spacial score (nSPS) is 10.5. The Morgan fingerprint density at radius 2 is 1.60 bits per heavy atom. The lowest BCUT2D eigenvalue weighted by molar-refractivity contribution is 0.612. The van der Waals surface area contributed by atoms with E-state index >= 15 is 0 Å². The Kier molecular flexibility index (Phi) is 5.56. The molecule has 20 heavy (non-hydrogen) atoms. The highest BCUT2D eigenvalue weighted by Gasteiger charge is 2.10. The molecule has 0 fully saturated rings. The smallest absolute Gasteiger partial charge is 0.146 e. The van der Waals surface area contributed by atoms with E-state index in [2.05, 4.69) is 17.0 Å². The van der Waals surface area contributed by atoms with Gasteiger partial charge >= 0.3 is 0 Å². The van der Waals surface area contributed by atoms with Crippen molar-refractivity contribution in [1.82, 2.24) is 0 Å². The third-order valence-electron chi connectivity index (χ3n) is 3.34. The van der Waals surface area contributed by atoms with E-state index in [1.807, 2.05) is 30.3 Å². The molecule has 0 heterocycles. The van der Waals surface area contributed by atoms with Gasteiger partial charge in [-0.3, -0.25) is 0 Å². The largest absolute Gasteiger partial charge is 0.369 e. The summed E-state index contributed by atoms with van der Waals surface area (Å²) in [5, 5.41) is 0. The van der Waals surface area contributed by atoms with Crippen LogP contribution in [0.15, 0.2) is 54.6 Å². The van der Waals surface area contributed by atoms with Gasteiger partial charge in [-0.25, -0.2) is 4.39 Å². The fourth-order valence-corrected chi connectivity index (χ4v) is 2.25. The van der Waals surface area contributed by atoms with Crippen LogP contribution in [0.5, 0.6) is 0 Å². The van der Waals surface area contributed by atoms with E-state index in [0.717, 1.165) is 25.9 Å². The Bertz CT molecular complexity index is 513. The van der Waals surface area contributed by atoms with Crippen molar-refractivity contribution >= 4 is 5.69 Å². The van der Waals surface area contributed by atoms with E-state index in [9.17, 15) is 4.39 Å². The van der Waals surface area contributed by atoms with Crippen molar-refractivity contribution in [3.63, 3.8) is 0 Å². The molecule has 0 amide bonds. The topological polar surface area (TPSA) is 29.3 Å². The molecule has 0 saturated carbocycles. The fraction of sp³-hybridized carbons (Fsp3) is 0.294. The third-order valence-corrected chi connectivity index (χ3v) is 3.34. The molecule has 0 aliphatic rings. The molecule has 2 N–H and O–H groups in total. The highest BCUT2D eigenvalue weighted by Crippen LogP contribution is 2.19. The molecule has 0 bridgehead atoms. The van der Waals surface area contributed by atoms with Gasteiger partial charge in [0.25, 0.3) is 0 Å². The standard InChI is InChI=1S/C17H21FN2/c18-16-9-4-5-10-17(16)20(13-6-12-19)14-11-15-7-2-1-3-8-15/h1-5,7-10H,6,11-14,19H2. The van der Waals surface area contributed by atoms with Crippen LogP contribution in [0, 0.1) is 5.82 Å². The van der Waals surface area contributed by atoms with Crippen molar-refractivity contribution < 1.29 is 4.39 Å². The predicted molar refractivity (Wildman–Crippen MR) is 82.4 cm³/mol. The summed E-state index contributed by atoms with van der Waals surface area (Å²) in [6.45, 7) is 2.20. The molecule has 0 aliphatic carbocycles. The zero-order valence-corrected chi connectivity index (χ0v) is 11.6. The Morgan fingerprint density at radius 1 is 0.900 bits per heavy atom. The lowest BCUT2D eigenvalue weighted by atomic mass is 10.1. The number of para-hydroxylation sites is 1. The fourth-order valence-electron chi connectivity index (χ4n) is 2.25. The zero-order chi connectivity index (χ0) is 14.2. The zero-order valence-electron chi connectivity index (χ0n) is 11.6. The van der Waals surface area contributed by atoms with Gasteiger partial charge < -0.3 is 10.6 Å². The number of rotatable bonds is 7. The highest BCUT2D eigenvalue weighted by atomic mass is 19.1. The molecular formula is C17H21FN2. The first-order valence-electron chi connectivity index (χ1n) is 7.04. The number of halogens is 1. The van der Waals surface area contributed by atoms with Crippen LogP contribution in [0.4, 0.5) is 10.1 Å². The minimum absolute atomic E-state index is 0.169. The molecule has 0 spiro atoms. The first-order chi connectivity index (χ1) is 9.81. The number of hydrogen-bond donors (Lipinski definition) is 1. The summed E-state index contributed by atoms with van der Waals surface area (Å²) in [4.78, 5) is 2.08. The van der Waals surface area contributed by atoms with Gasteiger partial charge in [0.15, 0.2) is 0 Å². The van der Waals surface area contributed by atoms with Gasteiger partial charge in [0, 0.05) is 13.1 Å². The monoisotopic (exact) mass is 272 g/mol. The Morgan fingerprint density at radius 3 is 2.30 bits per heavy atom. The summed E-state index contributed by atoms with van der Waals surface area (Å²) in [6, 6.07) is 17.2. The molecule has 2 rings (SSSR count). The van der Waals surface area contributed by atoms with Crippen LogP contribution in [0.25, 0.3) is 0 Å². The second kappa shape index (κ2) is 7.65. The van der Waals surface area contributed by atoms with Gasteiger partial charge in [0.1, 0.15) is 5.82 Å². The molecule has 0 unspecified atom stereocenters. The van der Waals surface area contributed by atoms with Crippen LogP contribution in [-0.4, -0.2) is 19.6 Å². The lowest BCUT2D eigenvalue weighted by Gasteiger charge is -2.25. The van der Waals surface area contributed by atoms with E-state index < -0.39 is 0 Å². The number of nitrogens with two attached hydrogens (primary N) is 1. The van der Waals surface area contributed by atoms with Crippen LogP contribution in [0.2, 0.25) is 0 Å². The second-order valence-corrected chi connectivity index (χ2v) is 4.82. The third kappa shape index (κ3) is 4.07. The van der Waals surface area contributed by atoms with Gasteiger partial charge in [0.2, 0.25) is 0 Å². The summed E-state index contributed by atoms with van der Waals surface area (Å²) < 4.78 is 13.9. The van der Waals surface area contributed by atoms with E-state index in [-0.39, 0.29) is 5.82 Å². The molecule has 0 aliphatic heterocycles. The predicted octanol–water partition coefficient (Wildman–Crippen LogP) is 3.22. The molecule has 0 aromatic heterocycles. The van der Waals surface area contributed by atoms with Crippen LogP contribution in [0.1, 0.15) is 12.0 Å². The van der Waals surface area contributed by atoms with Crippen molar-refractivity contribution in [2.75, 3.05) is 24.5 Å². The minimum atomic E-state index is -0.169. The number of hydrogen-bond acceptors (Lipinski definition) is 2. The van der Waals surface area contributed by atoms with Crippen molar-refractivity contribution in [1.29, 1.82) is 0 Å². The average molecular weight is 272 g/mol. The Balaban J connectivity index is 2.06. The molecule has 2 aromatic carbocycles. The molecule has 2 nitrogen and oxygen atoms in total. The molecule has 3 heteroatoms. The van der Waals surface area contributed by atoms with Crippen molar-refractivity contribution in [3.8, 4) is 0 Å². The summed E-state index contributed by atoms with van der Waals surface area (Å²) in [7, 11) is 0.